The molecule has 0 heterocycles. The second kappa shape index (κ2) is 4.50. The van der Waals surface area contributed by atoms with E-state index in [-0.39, 0.29) is 24.9 Å². The summed E-state index contributed by atoms with van der Waals surface area (Å²) in [6, 6.07) is 0.177. The van der Waals surface area contributed by atoms with E-state index in [0.29, 0.717) is 0 Å². The molecule has 7 heteroatoms. The zero-order valence-electron chi connectivity index (χ0n) is 7.86. The van der Waals surface area contributed by atoms with E-state index in [0.717, 1.165) is 12.8 Å². The van der Waals surface area contributed by atoms with E-state index in [1.807, 2.05) is 0 Å². The summed E-state index contributed by atoms with van der Waals surface area (Å²) in [6.07, 6.45) is -3.17. The van der Waals surface area contributed by atoms with E-state index in [2.05, 4.69) is 5.32 Å². The highest BCUT2D eigenvalue weighted by atomic mass is 19.4. The van der Waals surface area contributed by atoms with Crippen LogP contribution < -0.4 is 10.6 Å². The molecule has 0 aromatic heterocycles. The highest BCUT2D eigenvalue weighted by Gasteiger charge is 2.38. The molecule has 0 aliphatic heterocycles. The number of alkyl halides is 3. The molecule has 2 N–H and O–H groups in total. The molecule has 1 aliphatic carbocycles. The number of hydrogen-bond donors (Lipinski definition) is 2. The van der Waals surface area contributed by atoms with Crippen molar-refractivity contribution in [3.8, 4) is 0 Å². The van der Waals surface area contributed by atoms with Gasteiger partial charge in [-0.05, 0) is 12.8 Å². The van der Waals surface area contributed by atoms with Crippen molar-refractivity contribution in [1.82, 2.24) is 10.6 Å². The summed E-state index contributed by atoms with van der Waals surface area (Å²) in [5, 5.41) is 4.22. The minimum Gasteiger partial charge on any atom is -0.353 e. The minimum absolute atomic E-state index is 0.127. The number of nitrogens with one attached hydrogen (secondary N) is 2. The Morgan fingerprint density at radius 3 is 2.33 bits per heavy atom. The number of halogens is 3. The Bertz CT molecular complexity index is 261. The zero-order chi connectivity index (χ0) is 11.5. The van der Waals surface area contributed by atoms with Crippen LogP contribution in [0, 0.1) is 0 Å². The SMILES string of the molecule is O=C(CCNC(=O)C(F)(F)F)NC1CC1. The fraction of sp³-hybridized carbons (Fsp3) is 0.750. The monoisotopic (exact) mass is 224 g/mol. The van der Waals surface area contributed by atoms with E-state index in [1.54, 1.807) is 5.32 Å². The third-order valence-electron chi connectivity index (χ3n) is 1.84. The molecule has 86 valence electrons. The first-order valence-electron chi connectivity index (χ1n) is 4.54. The van der Waals surface area contributed by atoms with Gasteiger partial charge in [-0.3, -0.25) is 9.59 Å². The predicted molar refractivity (Wildman–Crippen MR) is 44.8 cm³/mol. The Morgan fingerprint density at radius 1 is 1.27 bits per heavy atom. The third-order valence-corrected chi connectivity index (χ3v) is 1.84. The van der Waals surface area contributed by atoms with Gasteiger partial charge in [0.05, 0.1) is 0 Å². The molecule has 1 rings (SSSR count). The van der Waals surface area contributed by atoms with Crippen LogP contribution in [0.5, 0.6) is 0 Å². The smallest absolute Gasteiger partial charge is 0.353 e. The van der Waals surface area contributed by atoms with Crippen LogP contribution in [-0.4, -0.2) is 30.6 Å². The quantitative estimate of drug-likeness (QED) is 0.723. The summed E-state index contributed by atoms with van der Waals surface area (Å²) >= 11 is 0. The second-order valence-corrected chi connectivity index (χ2v) is 3.35. The minimum atomic E-state index is -4.88. The van der Waals surface area contributed by atoms with Gasteiger partial charge >= 0.3 is 12.1 Å². The van der Waals surface area contributed by atoms with E-state index in [9.17, 15) is 22.8 Å². The number of hydrogen-bond acceptors (Lipinski definition) is 2. The molecule has 2 amide bonds. The number of rotatable bonds is 4. The Hall–Kier alpha value is -1.27. The highest BCUT2D eigenvalue weighted by Crippen LogP contribution is 2.18. The molecule has 1 fully saturated rings. The van der Waals surface area contributed by atoms with E-state index in [4.69, 9.17) is 0 Å². The van der Waals surface area contributed by atoms with Crippen molar-refractivity contribution in [2.24, 2.45) is 0 Å². The lowest BCUT2D eigenvalue weighted by Gasteiger charge is -2.07. The molecule has 0 radical (unpaired) electrons. The van der Waals surface area contributed by atoms with Crippen LogP contribution in [-0.2, 0) is 9.59 Å². The summed E-state index contributed by atoms with van der Waals surface area (Å²) in [5.74, 6) is -2.35. The fourth-order valence-electron chi connectivity index (χ4n) is 0.917. The van der Waals surface area contributed by atoms with Crippen LogP contribution in [0.2, 0.25) is 0 Å². The number of amides is 2. The maximum absolute atomic E-state index is 11.7. The maximum Gasteiger partial charge on any atom is 0.471 e. The summed E-state index contributed by atoms with van der Waals surface area (Å²) in [5.41, 5.74) is 0. The number of carbonyl (C=O) groups is 2. The maximum atomic E-state index is 11.7. The normalized spacial score (nSPS) is 15.9. The van der Waals surface area contributed by atoms with Gasteiger partial charge in [0.1, 0.15) is 0 Å². The molecule has 0 aromatic rings. The van der Waals surface area contributed by atoms with Crippen molar-refractivity contribution in [2.45, 2.75) is 31.5 Å². The van der Waals surface area contributed by atoms with Crippen molar-refractivity contribution in [1.29, 1.82) is 0 Å². The largest absolute Gasteiger partial charge is 0.471 e. The van der Waals surface area contributed by atoms with E-state index in [1.165, 1.54) is 0 Å². The molecule has 4 nitrogen and oxygen atoms in total. The van der Waals surface area contributed by atoms with Crippen molar-refractivity contribution in [3.05, 3.63) is 0 Å². The lowest BCUT2D eigenvalue weighted by atomic mass is 10.4. The fourth-order valence-corrected chi connectivity index (χ4v) is 0.917. The van der Waals surface area contributed by atoms with Crippen LogP contribution >= 0.6 is 0 Å². The van der Waals surface area contributed by atoms with Gasteiger partial charge in [0.15, 0.2) is 0 Å². The first-order chi connectivity index (χ1) is 6.89. The van der Waals surface area contributed by atoms with Gasteiger partial charge in [-0.2, -0.15) is 13.2 Å². The van der Waals surface area contributed by atoms with Gasteiger partial charge in [0.2, 0.25) is 5.91 Å². The summed E-state index contributed by atoms with van der Waals surface area (Å²) in [4.78, 5) is 21.3. The number of carbonyl (C=O) groups excluding carboxylic acids is 2. The van der Waals surface area contributed by atoms with Crippen LogP contribution in [0.25, 0.3) is 0 Å². The Morgan fingerprint density at radius 2 is 1.87 bits per heavy atom. The molecule has 0 atom stereocenters. The second-order valence-electron chi connectivity index (χ2n) is 3.35. The van der Waals surface area contributed by atoms with Crippen molar-refractivity contribution < 1.29 is 22.8 Å². The van der Waals surface area contributed by atoms with Crippen molar-refractivity contribution in [2.75, 3.05) is 6.54 Å². The first-order valence-corrected chi connectivity index (χ1v) is 4.54. The zero-order valence-corrected chi connectivity index (χ0v) is 7.86. The predicted octanol–water partition coefficient (Wildman–Crippen LogP) is 0.334. The Balaban J connectivity index is 2.09. The summed E-state index contributed by atoms with van der Waals surface area (Å²) in [6.45, 7) is -0.295. The third kappa shape index (κ3) is 4.66. The Kier molecular flexibility index (Phi) is 3.54. The lowest BCUT2D eigenvalue weighted by molar-refractivity contribution is -0.173. The van der Waals surface area contributed by atoms with Gasteiger partial charge in [0, 0.05) is 19.0 Å². The lowest BCUT2D eigenvalue weighted by Crippen LogP contribution is -2.39. The highest BCUT2D eigenvalue weighted by molar-refractivity contribution is 5.82. The molecule has 1 aliphatic rings. The summed E-state index contributed by atoms with van der Waals surface area (Å²) < 4.78 is 35.0. The first kappa shape index (κ1) is 11.8. The Labute approximate surface area is 84.2 Å². The van der Waals surface area contributed by atoms with Crippen LogP contribution in [0.15, 0.2) is 0 Å². The van der Waals surface area contributed by atoms with Gasteiger partial charge in [0.25, 0.3) is 0 Å². The topological polar surface area (TPSA) is 58.2 Å². The van der Waals surface area contributed by atoms with Gasteiger partial charge in [-0.15, -0.1) is 0 Å². The van der Waals surface area contributed by atoms with Crippen molar-refractivity contribution in [3.63, 3.8) is 0 Å². The molecule has 1 saturated carbocycles. The van der Waals surface area contributed by atoms with E-state index >= 15 is 0 Å². The van der Waals surface area contributed by atoms with Crippen molar-refractivity contribution >= 4 is 11.8 Å². The molecular weight excluding hydrogens is 213 g/mol. The van der Waals surface area contributed by atoms with Crippen LogP contribution in [0.1, 0.15) is 19.3 Å². The molecule has 0 unspecified atom stereocenters. The van der Waals surface area contributed by atoms with Gasteiger partial charge < -0.3 is 10.6 Å². The van der Waals surface area contributed by atoms with Gasteiger partial charge in [-0.1, -0.05) is 0 Å². The average Bonchev–Trinajstić information content (AvgIpc) is 2.86. The molecular formula is C8H11F3N2O2. The van der Waals surface area contributed by atoms with E-state index < -0.39 is 12.1 Å². The molecule has 0 bridgehead atoms. The molecule has 15 heavy (non-hydrogen) atoms. The van der Waals surface area contributed by atoms with Crippen LogP contribution in [0.4, 0.5) is 13.2 Å². The summed E-state index contributed by atoms with van der Waals surface area (Å²) in [7, 11) is 0. The van der Waals surface area contributed by atoms with Gasteiger partial charge in [-0.25, -0.2) is 0 Å². The standard InChI is InChI=1S/C8H11F3N2O2/c9-8(10,11)7(15)12-4-3-6(14)13-5-1-2-5/h5H,1-4H2,(H,12,15)(H,13,14). The van der Waals surface area contributed by atoms with Crippen LogP contribution in [0.3, 0.4) is 0 Å². The molecule has 0 spiro atoms. The molecule has 0 saturated heterocycles. The average molecular weight is 224 g/mol. The molecule has 0 aromatic carbocycles.